The Kier molecular flexibility index (Phi) is 8.04. The lowest BCUT2D eigenvalue weighted by Gasteiger charge is -2.12. The van der Waals surface area contributed by atoms with Gasteiger partial charge < -0.3 is 20.1 Å². The van der Waals surface area contributed by atoms with Crippen molar-refractivity contribution in [2.75, 3.05) is 19.0 Å². The van der Waals surface area contributed by atoms with E-state index in [-0.39, 0.29) is 5.69 Å². The maximum atomic E-state index is 13.1. The number of carbonyl (C=O) groups is 3. The van der Waals surface area contributed by atoms with Crippen LogP contribution in [0.4, 0.5) is 14.5 Å². The van der Waals surface area contributed by atoms with E-state index < -0.39 is 42.1 Å². The fourth-order valence-corrected chi connectivity index (χ4v) is 2.29. The first-order valence-corrected chi connectivity index (χ1v) is 8.82. The van der Waals surface area contributed by atoms with Crippen LogP contribution in [0.1, 0.15) is 12.5 Å². The van der Waals surface area contributed by atoms with E-state index in [4.69, 9.17) is 9.47 Å². The van der Waals surface area contributed by atoms with Gasteiger partial charge in [-0.15, -0.1) is 0 Å². The molecule has 2 amide bonds. The summed E-state index contributed by atoms with van der Waals surface area (Å²) in [6.07, 6.45) is 2.80. The SMILES string of the molecule is COc1ccc(/C=C/C(=O)N[C@@H](C)C(=O)OCC(=O)Nc2cc(F)cc(F)c2)cc1. The van der Waals surface area contributed by atoms with Crippen LogP contribution in [-0.2, 0) is 19.1 Å². The molecule has 0 unspecified atom stereocenters. The predicted octanol–water partition coefficient (Wildman–Crippen LogP) is 2.67. The highest BCUT2D eigenvalue weighted by molar-refractivity contribution is 5.95. The van der Waals surface area contributed by atoms with Gasteiger partial charge in [-0.2, -0.15) is 0 Å². The Bertz CT molecular complexity index is 925. The molecule has 0 saturated heterocycles. The normalized spacial score (nSPS) is 11.6. The van der Waals surface area contributed by atoms with Gasteiger partial charge in [-0.05, 0) is 42.8 Å². The quantitative estimate of drug-likeness (QED) is 0.508. The van der Waals surface area contributed by atoms with Gasteiger partial charge in [-0.25, -0.2) is 13.6 Å². The van der Waals surface area contributed by atoms with E-state index in [1.807, 2.05) is 0 Å². The maximum absolute atomic E-state index is 13.1. The van der Waals surface area contributed by atoms with Gasteiger partial charge in [0.15, 0.2) is 6.61 Å². The van der Waals surface area contributed by atoms with Crippen LogP contribution in [0.2, 0.25) is 0 Å². The van der Waals surface area contributed by atoms with Crippen molar-refractivity contribution in [1.29, 1.82) is 0 Å². The molecule has 7 nitrogen and oxygen atoms in total. The van der Waals surface area contributed by atoms with E-state index in [0.717, 1.165) is 17.7 Å². The molecule has 0 fully saturated rings. The zero-order valence-corrected chi connectivity index (χ0v) is 16.3. The number of hydrogen-bond donors (Lipinski definition) is 2. The first-order chi connectivity index (χ1) is 14.3. The summed E-state index contributed by atoms with van der Waals surface area (Å²) >= 11 is 0. The van der Waals surface area contributed by atoms with Gasteiger partial charge in [0.1, 0.15) is 23.4 Å². The van der Waals surface area contributed by atoms with E-state index in [0.29, 0.717) is 11.8 Å². The lowest BCUT2D eigenvalue weighted by molar-refractivity contribution is -0.149. The zero-order valence-electron chi connectivity index (χ0n) is 16.3. The highest BCUT2D eigenvalue weighted by Crippen LogP contribution is 2.13. The number of ether oxygens (including phenoxy) is 2. The molecule has 2 aromatic carbocycles. The molecule has 9 heteroatoms. The van der Waals surface area contributed by atoms with E-state index >= 15 is 0 Å². The van der Waals surface area contributed by atoms with Crippen molar-refractivity contribution in [3.05, 3.63) is 65.7 Å². The third-order valence-electron chi connectivity index (χ3n) is 3.75. The van der Waals surface area contributed by atoms with E-state index in [9.17, 15) is 23.2 Å². The lowest BCUT2D eigenvalue weighted by atomic mass is 10.2. The predicted molar refractivity (Wildman–Crippen MR) is 106 cm³/mol. The Morgan fingerprint density at radius 1 is 1.07 bits per heavy atom. The monoisotopic (exact) mass is 418 g/mol. The fourth-order valence-electron chi connectivity index (χ4n) is 2.29. The number of methoxy groups -OCH3 is 1. The summed E-state index contributed by atoms with van der Waals surface area (Å²) < 4.78 is 36.0. The molecule has 0 saturated carbocycles. The third kappa shape index (κ3) is 7.34. The van der Waals surface area contributed by atoms with Crippen molar-refractivity contribution >= 4 is 29.5 Å². The van der Waals surface area contributed by atoms with Crippen LogP contribution in [0, 0.1) is 11.6 Å². The van der Waals surface area contributed by atoms with E-state index in [1.54, 1.807) is 37.5 Å². The fraction of sp³-hybridized carbons (Fsp3) is 0.190. The van der Waals surface area contributed by atoms with Gasteiger partial charge in [-0.1, -0.05) is 12.1 Å². The number of esters is 1. The van der Waals surface area contributed by atoms with Crippen LogP contribution in [0.3, 0.4) is 0 Å². The van der Waals surface area contributed by atoms with E-state index in [1.165, 1.54) is 13.0 Å². The van der Waals surface area contributed by atoms with Gasteiger partial charge in [-0.3, -0.25) is 9.59 Å². The van der Waals surface area contributed by atoms with Crippen molar-refractivity contribution in [3.8, 4) is 5.75 Å². The van der Waals surface area contributed by atoms with Crippen LogP contribution in [0.5, 0.6) is 5.75 Å². The summed E-state index contributed by atoms with van der Waals surface area (Å²) in [7, 11) is 1.55. The average molecular weight is 418 g/mol. The Morgan fingerprint density at radius 2 is 1.70 bits per heavy atom. The van der Waals surface area contributed by atoms with Crippen LogP contribution in [0.25, 0.3) is 6.08 Å². The summed E-state index contributed by atoms with van der Waals surface area (Å²) in [5.41, 5.74) is 0.644. The van der Waals surface area contributed by atoms with E-state index in [2.05, 4.69) is 10.6 Å². The van der Waals surface area contributed by atoms with Gasteiger partial charge in [0.05, 0.1) is 7.11 Å². The van der Waals surface area contributed by atoms with Gasteiger partial charge in [0.2, 0.25) is 5.91 Å². The topological polar surface area (TPSA) is 93.7 Å². The van der Waals surface area contributed by atoms with Crippen molar-refractivity contribution < 1.29 is 32.6 Å². The molecule has 1 atom stereocenters. The Hall–Kier alpha value is -3.75. The number of benzene rings is 2. The molecule has 0 heterocycles. The molecule has 0 aliphatic heterocycles. The molecule has 0 radical (unpaired) electrons. The van der Waals surface area contributed by atoms with Crippen molar-refractivity contribution in [1.82, 2.24) is 5.32 Å². The van der Waals surface area contributed by atoms with Crippen LogP contribution in [-0.4, -0.2) is 37.5 Å². The smallest absolute Gasteiger partial charge is 0.328 e. The molecular weight excluding hydrogens is 398 g/mol. The lowest BCUT2D eigenvalue weighted by Crippen LogP contribution is -2.39. The molecule has 0 aliphatic rings. The minimum atomic E-state index is -1.02. The summed E-state index contributed by atoms with van der Waals surface area (Å²) in [5.74, 6) is -3.20. The number of rotatable bonds is 8. The Morgan fingerprint density at radius 3 is 2.30 bits per heavy atom. The van der Waals surface area contributed by atoms with Gasteiger partial charge in [0, 0.05) is 17.8 Å². The number of halogens is 2. The molecule has 2 N–H and O–H groups in total. The second-order valence-electron chi connectivity index (χ2n) is 6.15. The number of carbonyl (C=O) groups excluding carboxylic acids is 3. The van der Waals surface area contributed by atoms with Crippen molar-refractivity contribution in [3.63, 3.8) is 0 Å². The number of hydrogen-bond acceptors (Lipinski definition) is 5. The largest absolute Gasteiger partial charge is 0.497 e. The third-order valence-corrected chi connectivity index (χ3v) is 3.75. The van der Waals surface area contributed by atoms with Crippen LogP contribution >= 0.6 is 0 Å². The van der Waals surface area contributed by atoms with Crippen molar-refractivity contribution in [2.45, 2.75) is 13.0 Å². The summed E-state index contributed by atoms with van der Waals surface area (Å²) in [4.78, 5) is 35.6. The maximum Gasteiger partial charge on any atom is 0.328 e. The Balaban J connectivity index is 1.78. The summed E-state index contributed by atoms with van der Waals surface area (Å²) in [5, 5.41) is 4.61. The highest BCUT2D eigenvalue weighted by Gasteiger charge is 2.17. The number of anilines is 1. The molecule has 158 valence electrons. The zero-order chi connectivity index (χ0) is 22.1. The first kappa shape index (κ1) is 22.5. The molecule has 0 aliphatic carbocycles. The average Bonchev–Trinajstić information content (AvgIpc) is 2.70. The molecule has 0 bridgehead atoms. The van der Waals surface area contributed by atoms with Gasteiger partial charge in [0.25, 0.3) is 5.91 Å². The second kappa shape index (κ2) is 10.7. The molecule has 0 spiro atoms. The molecule has 2 aromatic rings. The second-order valence-corrected chi connectivity index (χ2v) is 6.15. The molecule has 2 rings (SSSR count). The molecule has 0 aromatic heterocycles. The van der Waals surface area contributed by atoms with Crippen LogP contribution in [0.15, 0.2) is 48.5 Å². The first-order valence-electron chi connectivity index (χ1n) is 8.82. The summed E-state index contributed by atoms with van der Waals surface area (Å²) in [6, 6.07) is 8.46. The number of amides is 2. The Labute approximate surface area is 171 Å². The molecular formula is C21H20F2N2O5. The number of nitrogens with one attached hydrogen (secondary N) is 2. The van der Waals surface area contributed by atoms with Crippen LogP contribution < -0.4 is 15.4 Å². The minimum Gasteiger partial charge on any atom is -0.497 e. The van der Waals surface area contributed by atoms with Gasteiger partial charge >= 0.3 is 5.97 Å². The summed E-state index contributed by atoms with van der Waals surface area (Å²) in [6.45, 7) is 0.709. The standard InChI is InChI=1S/C21H20F2N2O5/c1-13(24-19(26)8-5-14-3-6-18(29-2)7-4-14)21(28)30-12-20(27)25-17-10-15(22)9-16(23)11-17/h3-11,13H,12H2,1-2H3,(H,24,26)(H,25,27)/b8-5+/t13-/m0/s1. The molecule has 30 heavy (non-hydrogen) atoms. The minimum absolute atomic E-state index is 0.112. The van der Waals surface area contributed by atoms with Crippen molar-refractivity contribution in [2.24, 2.45) is 0 Å². The highest BCUT2D eigenvalue weighted by atomic mass is 19.1.